The highest BCUT2D eigenvalue weighted by Crippen LogP contribution is 2.29. The van der Waals surface area contributed by atoms with Gasteiger partial charge >= 0.3 is 0 Å². The molecule has 3 N–H and O–H groups in total. The molecule has 0 aliphatic heterocycles. The van der Waals surface area contributed by atoms with Crippen LogP contribution in [0.5, 0.6) is 5.75 Å². The molecule has 1 aromatic heterocycles. The van der Waals surface area contributed by atoms with Crippen molar-refractivity contribution in [2.24, 2.45) is 0 Å². The third kappa shape index (κ3) is 3.63. The summed E-state index contributed by atoms with van der Waals surface area (Å²) in [5.74, 6) is -0.133. The summed E-state index contributed by atoms with van der Waals surface area (Å²) >= 11 is 0. The average molecular weight is 360 g/mol. The molecule has 3 rings (SSSR count). The molecule has 0 spiro atoms. The second kappa shape index (κ2) is 7.42. The van der Waals surface area contributed by atoms with Gasteiger partial charge in [-0.05, 0) is 29.3 Å². The zero-order chi connectivity index (χ0) is 19.4. The Morgan fingerprint density at radius 1 is 1.07 bits per heavy atom. The van der Waals surface area contributed by atoms with Gasteiger partial charge in [0, 0.05) is 11.6 Å². The van der Waals surface area contributed by atoms with Crippen molar-refractivity contribution in [3.05, 3.63) is 81.4 Å². The van der Waals surface area contributed by atoms with Gasteiger partial charge in [0.2, 0.25) is 0 Å². The Hall–Kier alpha value is -4.10. The summed E-state index contributed by atoms with van der Waals surface area (Å²) in [4.78, 5) is 14.3. The van der Waals surface area contributed by atoms with Crippen LogP contribution in [0.25, 0.3) is 11.1 Å². The van der Waals surface area contributed by atoms with Gasteiger partial charge in [0.15, 0.2) is 0 Å². The predicted molar refractivity (Wildman–Crippen MR) is 97.1 cm³/mol. The van der Waals surface area contributed by atoms with E-state index in [1.165, 1.54) is 12.1 Å². The van der Waals surface area contributed by atoms with Crippen LogP contribution in [0.2, 0.25) is 0 Å². The van der Waals surface area contributed by atoms with Gasteiger partial charge in [-0.15, -0.1) is 0 Å². The molecule has 0 aliphatic rings. The highest BCUT2D eigenvalue weighted by atomic mass is 19.1. The molecule has 2 aromatic carbocycles. The van der Waals surface area contributed by atoms with E-state index in [1.807, 2.05) is 12.1 Å². The first-order chi connectivity index (χ1) is 13.0. The highest BCUT2D eigenvalue weighted by Gasteiger charge is 2.18. The van der Waals surface area contributed by atoms with E-state index in [0.29, 0.717) is 16.9 Å². The summed E-state index contributed by atoms with van der Waals surface area (Å²) in [6.07, 6.45) is 0. The van der Waals surface area contributed by atoms with Crippen LogP contribution in [0.3, 0.4) is 0 Å². The number of hydrogen-bond acceptors (Lipinski definition) is 5. The zero-order valence-electron chi connectivity index (χ0n) is 14.0. The number of aromatic nitrogens is 1. The number of H-pyrrole nitrogens is 1. The Morgan fingerprint density at radius 3 is 2.52 bits per heavy atom. The molecule has 0 atom stereocenters. The molecule has 0 bridgehead atoms. The Bertz CT molecular complexity index is 1160. The standard InChI is InChI=1S/C20H13FN4O2/c21-14-5-2-6-15(8-14)27-11-12-3-1-4-13(7-12)18-16(9-22)19(24)25-20(26)17(18)10-23/h1-8H,11H2,(H3,24,25,26). The van der Waals surface area contributed by atoms with Crippen LogP contribution >= 0.6 is 0 Å². The van der Waals surface area contributed by atoms with Gasteiger partial charge in [-0.3, -0.25) is 4.79 Å². The lowest BCUT2D eigenvalue weighted by molar-refractivity contribution is 0.304. The number of ether oxygens (including phenoxy) is 1. The lowest BCUT2D eigenvalue weighted by Gasteiger charge is -2.11. The second-order valence-electron chi connectivity index (χ2n) is 5.66. The normalized spacial score (nSPS) is 10.0. The molecule has 3 aromatic rings. The Kier molecular flexibility index (Phi) is 4.87. The van der Waals surface area contributed by atoms with E-state index < -0.39 is 11.4 Å². The number of nitrogens with one attached hydrogen (secondary N) is 1. The van der Waals surface area contributed by atoms with Crippen molar-refractivity contribution in [3.63, 3.8) is 0 Å². The van der Waals surface area contributed by atoms with E-state index in [-0.39, 0.29) is 29.1 Å². The number of aromatic amines is 1. The molecule has 132 valence electrons. The first-order valence-corrected chi connectivity index (χ1v) is 7.87. The molecule has 0 radical (unpaired) electrons. The van der Waals surface area contributed by atoms with E-state index in [2.05, 4.69) is 4.98 Å². The molecule has 6 nitrogen and oxygen atoms in total. The largest absolute Gasteiger partial charge is 0.489 e. The molecule has 0 saturated carbocycles. The fourth-order valence-corrected chi connectivity index (χ4v) is 2.67. The van der Waals surface area contributed by atoms with Crippen molar-refractivity contribution in [2.75, 3.05) is 5.73 Å². The number of nitrogens with zero attached hydrogens (tertiary/aromatic N) is 2. The topological polar surface area (TPSA) is 116 Å². The van der Waals surface area contributed by atoms with Crippen LogP contribution in [-0.4, -0.2) is 4.98 Å². The van der Waals surface area contributed by atoms with Gasteiger partial charge in [-0.1, -0.05) is 24.3 Å². The van der Waals surface area contributed by atoms with Gasteiger partial charge < -0.3 is 15.5 Å². The molecule has 0 fully saturated rings. The molecule has 1 heterocycles. The Labute approximate surface area is 153 Å². The van der Waals surface area contributed by atoms with E-state index in [1.54, 1.807) is 36.4 Å². The number of nitrogen functional groups attached to an aromatic ring is 1. The number of rotatable bonds is 4. The number of benzene rings is 2. The van der Waals surface area contributed by atoms with Gasteiger partial charge in [0.1, 0.15) is 47.3 Å². The van der Waals surface area contributed by atoms with Crippen LogP contribution in [0.1, 0.15) is 16.7 Å². The first kappa shape index (κ1) is 17.7. The minimum Gasteiger partial charge on any atom is -0.489 e. The smallest absolute Gasteiger partial charge is 0.268 e. The minimum atomic E-state index is -0.662. The molecule has 0 aliphatic carbocycles. The van der Waals surface area contributed by atoms with Crippen LogP contribution < -0.4 is 16.0 Å². The van der Waals surface area contributed by atoms with Gasteiger partial charge in [0.25, 0.3) is 5.56 Å². The van der Waals surface area contributed by atoms with E-state index in [4.69, 9.17) is 10.5 Å². The molecular weight excluding hydrogens is 347 g/mol. The van der Waals surface area contributed by atoms with Crippen molar-refractivity contribution in [1.29, 1.82) is 10.5 Å². The fraction of sp³-hybridized carbons (Fsp3) is 0.0500. The van der Waals surface area contributed by atoms with Crippen molar-refractivity contribution in [1.82, 2.24) is 4.98 Å². The quantitative estimate of drug-likeness (QED) is 0.742. The van der Waals surface area contributed by atoms with Gasteiger partial charge in [-0.25, -0.2) is 4.39 Å². The summed E-state index contributed by atoms with van der Waals surface area (Å²) in [6.45, 7) is 0.139. The third-order valence-electron chi connectivity index (χ3n) is 3.89. The number of pyridine rings is 1. The summed E-state index contributed by atoms with van der Waals surface area (Å²) in [5.41, 5.74) is 6.28. The van der Waals surface area contributed by atoms with E-state index >= 15 is 0 Å². The average Bonchev–Trinajstić information content (AvgIpc) is 2.66. The number of hydrogen-bond donors (Lipinski definition) is 2. The summed E-state index contributed by atoms with van der Waals surface area (Å²) in [6, 6.07) is 16.3. The summed E-state index contributed by atoms with van der Waals surface area (Å²) in [7, 11) is 0. The van der Waals surface area contributed by atoms with E-state index in [9.17, 15) is 19.7 Å². The SMILES string of the molecule is N#Cc1c(N)[nH]c(=O)c(C#N)c1-c1cccc(COc2cccc(F)c2)c1. The number of anilines is 1. The molecule has 0 amide bonds. The predicted octanol–water partition coefficient (Wildman–Crippen LogP) is 3.09. The van der Waals surface area contributed by atoms with Crippen LogP contribution in [0.15, 0.2) is 53.3 Å². The van der Waals surface area contributed by atoms with Crippen molar-refractivity contribution in [3.8, 4) is 29.0 Å². The maximum Gasteiger partial charge on any atom is 0.268 e. The van der Waals surface area contributed by atoms with Crippen LogP contribution in [0.4, 0.5) is 10.2 Å². The molecule has 0 unspecified atom stereocenters. The molecule has 7 heteroatoms. The van der Waals surface area contributed by atoms with Gasteiger partial charge in [-0.2, -0.15) is 10.5 Å². The Balaban J connectivity index is 2.01. The molecule has 0 saturated heterocycles. The maximum atomic E-state index is 13.2. The zero-order valence-corrected chi connectivity index (χ0v) is 14.0. The molecular formula is C20H13FN4O2. The third-order valence-corrected chi connectivity index (χ3v) is 3.89. The van der Waals surface area contributed by atoms with Crippen molar-refractivity contribution < 1.29 is 9.13 Å². The molecule has 27 heavy (non-hydrogen) atoms. The monoisotopic (exact) mass is 360 g/mol. The highest BCUT2D eigenvalue weighted by molar-refractivity contribution is 5.80. The van der Waals surface area contributed by atoms with Crippen LogP contribution in [0, 0.1) is 28.5 Å². The first-order valence-electron chi connectivity index (χ1n) is 7.87. The number of nitriles is 2. The second-order valence-corrected chi connectivity index (χ2v) is 5.66. The lowest BCUT2D eigenvalue weighted by Crippen LogP contribution is -2.16. The summed E-state index contributed by atoms with van der Waals surface area (Å²) in [5, 5.41) is 18.7. The maximum absolute atomic E-state index is 13.2. The lowest BCUT2D eigenvalue weighted by atomic mass is 9.95. The summed E-state index contributed by atoms with van der Waals surface area (Å²) < 4.78 is 18.8. The van der Waals surface area contributed by atoms with Crippen molar-refractivity contribution in [2.45, 2.75) is 6.61 Å². The van der Waals surface area contributed by atoms with E-state index in [0.717, 1.165) is 0 Å². The number of halogens is 1. The Morgan fingerprint density at radius 2 is 1.81 bits per heavy atom. The van der Waals surface area contributed by atoms with Gasteiger partial charge in [0.05, 0.1) is 0 Å². The minimum absolute atomic E-state index is 0.0225. The number of nitrogens with two attached hydrogens (primary N) is 1. The van der Waals surface area contributed by atoms with Crippen LogP contribution in [-0.2, 0) is 6.61 Å². The fourth-order valence-electron chi connectivity index (χ4n) is 2.67. The van der Waals surface area contributed by atoms with Crippen molar-refractivity contribution >= 4 is 5.82 Å².